The molecule has 0 aliphatic carbocycles. The summed E-state index contributed by atoms with van der Waals surface area (Å²) < 4.78 is 11.0. The van der Waals surface area contributed by atoms with Gasteiger partial charge >= 0.3 is 0 Å². The molecule has 0 spiro atoms. The first-order chi connectivity index (χ1) is 11.3. The number of fused-ring (bicyclic) bond motifs is 2. The van der Waals surface area contributed by atoms with Crippen LogP contribution in [-0.2, 0) is 11.2 Å². The third kappa shape index (κ3) is 2.85. The molecule has 0 atom stereocenters. The molecule has 1 aromatic heterocycles. The highest BCUT2D eigenvalue weighted by molar-refractivity contribution is 5.93. The van der Waals surface area contributed by atoms with E-state index in [1.165, 1.54) is 0 Å². The molecule has 0 fully saturated rings. The number of anilines is 1. The molecule has 0 saturated carbocycles. The zero-order chi connectivity index (χ0) is 15.6. The van der Waals surface area contributed by atoms with E-state index in [4.69, 9.17) is 9.47 Å². The molecule has 2 heterocycles. The number of benzene rings is 2. The Kier molecular flexibility index (Phi) is 3.38. The summed E-state index contributed by atoms with van der Waals surface area (Å²) in [6.07, 6.45) is 2.22. The molecule has 4 rings (SSSR count). The number of nitrogens with one attached hydrogen (secondary N) is 2. The Morgan fingerprint density at radius 1 is 1.04 bits per heavy atom. The van der Waals surface area contributed by atoms with E-state index in [0.29, 0.717) is 36.8 Å². The smallest absolute Gasteiger partial charge is 0.228 e. The monoisotopic (exact) mass is 308 g/mol. The van der Waals surface area contributed by atoms with Gasteiger partial charge in [-0.3, -0.25) is 4.79 Å². The zero-order valence-corrected chi connectivity index (χ0v) is 12.5. The number of carbonyl (C=O) groups excluding carboxylic acids is 1. The third-order valence-electron chi connectivity index (χ3n) is 3.81. The van der Waals surface area contributed by atoms with Crippen molar-refractivity contribution in [3.63, 3.8) is 0 Å². The van der Waals surface area contributed by atoms with Crippen LogP contribution < -0.4 is 14.8 Å². The summed E-state index contributed by atoms with van der Waals surface area (Å²) in [4.78, 5) is 15.4. The van der Waals surface area contributed by atoms with Crippen molar-refractivity contribution in [1.82, 2.24) is 4.98 Å². The van der Waals surface area contributed by atoms with Crippen LogP contribution in [-0.4, -0.2) is 24.1 Å². The quantitative estimate of drug-likeness (QED) is 0.781. The summed E-state index contributed by atoms with van der Waals surface area (Å²) in [6, 6.07) is 13.4. The summed E-state index contributed by atoms with van der Waals surface area (Å²) in [5, 5.41) is 4.04. The van der Waals surface area contributed by atoms with Crippen molar-refractivity contribution in [2.75, 3.05) is 18.5 Å². The van der Waals surface area contributed by atoms with E-state index in [2.05, 4.69) is 10.3 Å². The minimum atomic E-state index is -0.0624. The molecule has 0 radical (unpaired) electrons. The van der Waals surface area contributed by atoms with Crippen molar-refractivity contribution in [3.05, 3.63) is 54.2 Å². The topological polar surface area (TPSA) is 63.4 Å². The summed E-state index contributed by atoms with van der Waals surface area (Å²) in [5.41, 5.74) is 2.71. The van der Waals surface area contributed by atoms with Crippen molar-refractivity contribution in [1.29, 1.82) is 0 Å². The van der Waals surface area contributed by atoms with E-state index in [-0.39, 0.29) is 5.91 Å². The highest BCUT2D eigenvalue weighted by atomic mass is 16.6. The Balaban J connectivity index is 1.47. The van der Waals surface area contributed by atoms with Gasteiger partial charge in [0.2, 0.25) is 5.91 Å². The van der Waals surface area contributed by atoms with Crippen molar-refractivity contribution < 1.29 is 14.3 Å². The molecule has 5 nitrogen and oxygen atoms in total. The van der Waals surface area contributed by atoms with E-state index in [1.54, 1.807) is 6.07 Å². The Labute approximate surface area is 133 Å². The van der Waals surface area contributed by atoms with Crippen LogP contribution in [0.2, 0.25) is 0 Å². The van der Waals surface area contributed by atoms with E-state index in [1.807, 2.05) is 42.6 Å². The molecular formula is C18H16N2O3. The fourth-order valence-electron chi connectivity index (χ4n) is 2.72. The standard InChI is InChI=1S/C18H16N2O3/c21-18(10-12-1-2-13-5-6-19-15(13)9-12)20-14-3-4-16-17(11-14)23-8-7-22-16/h1-6,9,11,19H,7-8,10H2,(H,20,21). The number of rotatable bonds is 3. The number of hydrogen-bond acceptors (Lipinski definition) is 3. The van der Waals surface area contributed by atoms with Gasteiger partial charge in [0, 0.05) is 23.5 Å². The number of carbonyl (C=O) groups is 1. The van der Waals surface area contributed by atoms with Crippen LogP contribution >= 0.6 is 0 Å². The minimum Gasteiger partial charge on any atom is -0.486 e. The van der Waals surface area contributed by atoms with E-state index < -0.39 is 0 Å². The lowest BCUT2D eigenvalue weighted by atomic mass is 10.1. The van der Waals surface area contributed by atoms with Crippen LogP contribution in [0.25, 0.3) is 10.9 Å². The van der Waals surface area contributed by atoms with Crippen LogP contribution in [0.15, 0.2) is 48.7 Å². The summed E-state index contributed by atoms with van der Waals surface area (Å²) >= 11 is 0. The molecular weight excluding hydrogens is 292 g/mol. The normalized spacial score (nSPS) is 13.0. The molecule has 0 saturated heterocycles. The first kappa shape index (κ1) is 13.7. The van der Waals surface area contributed by atoms with Gasteiger partial charge in [-0.25, -0.2) is 0 Å². The van der Waals surface area contributed by atoms with Crippen LogP contribution in [0.5, 0.6) is 11.5 Å². The minimum absolute atomic E-state index is 0.0624. The molecule has 0 bridgehead atoms. The predicted molar refractivity (Wildman–Crippen MR) is 88.1 cm³/mol. The van der Waals surface area contributed by atoms with Gasteiger partial charge in [-0.1, -0.05) is 12.1 Å². The summed E-state index contributed by atoms with van der Waals surface area (Å²) in [5.74, 6) is 1.32. The highest BCUT2D eigenvalue weighted by Crippen LogP contribution is 2.32. The Hall–Kier alpha value is -2.95. The molecule has 1 aliphatic rings. The predicted octanol–water partition coefficient (Wildman–Crippen LogP) is 3.12. The fourth-order valence-corrected chi connectivity index (χ4v) is 2.72. The fraction of sp³-hybridized carbons (Fsp3) is 0.167. The molecule has 1 aliphatic heterocycles. The van der Waals surface area contributed by atoms with E-state index >= 15 is 0 Å². The molecule has 116 valence electrons. The highest BCUT2D eigenvalue weighted by Gasteiger charge is 2.13. The number of aromatic amines is 1. The third-order valence-corrected chi connectivity index (χ3v) is 3.81. The van der Waals surface area contributed by atoms with Gasteiger partial charge in [0.15, 0.2) is 11.5 Å². The number of amides is 1. The first-order valence-electron chi connectivity index (χ1n) is 7.53. The zero-order valence-electron chi connectivity index (χ0n) is 12.5. The van der Waals surface area contributed by atoms with Gasteiger partial charge < -0.3 is 19.8 Å². The Morgan fingerprint density at radius 3 is 2.83 bits per heavy atom. The number of H-pyrrole nitrogens is 1. The van der Waals surface area contributed by atoms with Crippen molar-refractivity contribution in [3.8, 4) is 11.5 Å². The maximum absolute atomic E-state index is 12.2. The molecule has 5 heteroatoms. The van der Waals surface area contributed by atoms with Crippen LogP contribution in [0.1, 0.15) is 5.56 Å². The lowest BCUT2D eigenvalue weighted by Crippen LogP contribution is -2.17. The van der Waals surface area contributed by atoms with Crippen LogP contribution in [0.4, 0.5) is 5.69 Å². The van der Waals surface area contributed by atoms with Crippen molar-refractivity contribution in [2.45, 2.75) is 6.42 Å². The average Bonchev–Trinajstić information content (AvgIpc) is 3.02. The second kappa shape index (κ2) is 5.68. The molecule has 3 aromatic rings. The van der Waals surface area contributed by atoms with Crippen molar-refractivity contribution >= 4 is 22.5 Å². The Morgan fingerprint density at radius 2 is 1.91 bits per heavy atom. The maximum atomic E-state index is 12.2. The average molecular weight is 308 g/mol. The van der Waals surface area contributed by atoms with Crippen molar-refractivity contribution in [2.24, 2.45) is 0 Å². The molecule has 2 aromatic carbocycles. The van der Waals surface area contributed by atoms with E-state index in [0.717, 1.165) is 16.5 Å². The lowest BCUT2D eigenvalue weighted by Gasteiger charge is -2.19. The second-order valence-electron chi connectivity index (χ2n) is 5.48. The Bertz CT molecular complexity index is 870. The number of hydrogen-bond donors (Lipinski definition) is 2. The maximum Gasteiger partial charge on any atom is 0.228 e. The molecule has 23 heavy (non-hydrogen) atoms. The molecule has 0 unspecified atom stereocenters. The largest absolute Gasteiger partial charge is 0.486 e. The SMILES string of the molecule is O=C(Cc1ccc2cc[nH]c2c1)Nc1ccc2c(c1)OCCO2. The van der Waals surface area contributed by atoms with Gasteiger partial charge in [0.1, 0.15) is 13.2 Å². The van der Waals surface area contributed by atoms with Gasteiger partial charge in [-0.15, -0.1) is 0 Å². The molecule has 1 amide bonds. The first-order valence-corrected chi connectivity index (χ1v) is 7.53. The summed E-state index contributed by atoms with van der Waals surface area (Å²) in [6.45, 7) is 1.08. The van der Waals surface area contributed by atoms with Gasteiger partial charge in [-0.2, -0.15) is 0 Å². The lowest BCUT2D eigenvalue weighted by molar-refractivity contribution is -0.115. The number of ether oxygens (including phenoxy) is 2. The van der Waals surface area contributed by atoms with Crippen LogP contribution in [0.3, 0.4) is 0 Å². The van der Waals surface area contributed by atoms with Gasteiger partial charge in [0.05, 0.1) is 6.42 Å². The van der Waals surface area contributed by atoms with Crippen LogP contribution in [0, 0.1) is 0 Å². The molecule has 2 N–H and O–H groups in total. The summed E-state index contributed by atoms with van der Waals surface area (Å²) in [7, 11) is 0. The van der Waals surface area contributed by atoms with E-state index in [9.17, 15) is 4.79 Å². The second-order valence-corrected chi connectivity index (χ2v) is 5.48. The number of aromatic nitrogens is 1. The van der Waals surface area contributed by atoms with Gasteiger partial charge in [-0.05, 0) is 35.2 Å². The van der Waals surface area contributed by atoms with Gasteiger partial charge in [0.25, 0.3) is 0 Å².